The lowest BCUT2D eigenvalue weighted by Gasteiger charge is -2.27. The number of nitrogens with one attached hydrogen (secondary N) is 5. The van der Waals surface area contributed by atoms with Crippen molar-refractivity contribution >= 4 is 29.7 Å². The lowest BCUT2D eigenvalue weighted by atomic mass is 10.0. The Hall–Kier alpha value is -3.37. The van der Waals surface area contributed by atoms with Crippen molar-refractivity contribution in [2.24, 2.45) is 17.8 Å². The Bertz CT molecular complexity index is 836. The van der Waals surface area contributed by atoms with Crippen LogP contribution in [0.3, 0.4) is 0 Å². The molecule has 0 bridgehead atoms. The third-order valence-electron chi connectivity index (χ3n) is 5.46. The van der Waals surface area contributed by atoms with E-state index in [4.69, 9.17) is 0 Å². The second-order valence-electron chi connectivity index (χ2n) is 9.53. The molecule has 1 aliphatic heterocycles. The van der Waals surface area contributed by atoms with Gasteiger partial charge in [0.2, 0.25) is 17.7 Å². The molecule has 0 radical (unpaired) electrons. The molecule has 0 saturated heterocycles. The number of carbonyl (C=O) groups excluding carboxylic acids is 4. The van der Waals surface area contributed by atoms with E-state index in [9.17, 15) is 29.1 Å². The van der Waals surface area contributed by atoms with Crippen molar-refractivity contribution in [3.05, 3.63) is 24.3 Å². The van der Waals surface area contributed by atoms with Crippen molar-refractivity contribution in [1.29, 1.82) is 0 Å². The number of urea groups is 1. The summed E-state index contributed by atoms with van der Waals surface area (Å²) in [5.74, 6) is -3.20. The van der Waals surface area contributed by atoms with Gasteiger partial charge in [-0.3, -0.25) is 14.4 Å². The normalized spacial score (nSPS) is 22.7. The van der Waals surface area contributed by atoms with Crippen LogP contribution in [0, 0.1) is 17.8 Å². The van der Waals surface area contributed by atoms with Crippen LogP contribution < -0.4 is 26.6 Å². The molecule has 11 heteroatoms. The molecule has 1 aliphatic rings. The van der Waals surface area contributed by atoms with Crippen LogP contribution in [0.4, 0.5) is 4.79 Å². The molecule has 11 nitrogen and oxygen atoms in total. The van der Waals surface area contributed by atoms with E-state index in [0.717, 1.165) is 0 Å². The van der Waals surface area contributed by atoms with Crippen LogP contribution in [0.2, 0.25) is 0 Å². The minimum Gasteiger partial charge on any atom is -0.480 e. The summed E-state index contributed by atoms with van der Waals surface area (Å²) in [5.41, 5.74) is 0. The fraction of sp³-hybridized carbons (Fsp3) is 0.625. The van der Waals surface area contributed by atoms with Gasteiger partial charge in [0, 0.05) is 18.7 Å². The van der Waals surface area contributed by atoms with E-state index in [2.05, 4.69) is 26.6 Å². The van der Waals surface area contributed by atoms with Crippen LogP contribution in [-0.2, 0) is 19.2 Å². The van der Waals surface area contributed by atoms with Gasteiger partial charge in [0.05, 0.1) is 0 Å². The third kappa shape index (κ3) is 10.2. The zero-order valence-corrected chi connectivity index (χ0v) is 21.3. The van der Waals surface area contributed by atoms with E-state index in [0.29, 0.717) is 13.0 Å². The summed E-state index contributed by atoms with van der Waals surface area (Å²) >= 11 is 0. The zero-order valence-electron chi connectivity index (χ0n) is 21.3. The zero-order chi connectivity index (χ0) is 26.7. The van der Waals surface area contributed by atoms with Gasteiger partial charge in [-0.2, -0.15) is 0 Å². The Morgan fingerprint density at radius 1 is 0.971 bits per heavy atom. The number of carboxylic acids is 1. The van der Waals surface area contributed by atoms with Gasteiger partial charge in [0.1, 0.15) is 18.1 Å². The Kier molecular flexibility index (Phi) is 12.0. The lowest BCUT2D eigenvalue weighted by molar-refractivity contribution is -0.140. The van der Waals surface area contributed by atoms with Crippen LogP contribution in [0.5, 0.6) is 0 Å². The van der Waals surface area contributed by atoms with Crippen LogP contribution >= 0.6 is 0 Å². The molecule has 0 unspecified atom stereocenters. The molecule has 0 aliphatic carbocycles. The average molecular weight is 494 g/mol. The first kappa shape index (κ1) is 29.7. The molecule has 0 aromatic carbocycles. The number of hydrogen-bond donors (Lipinski definition) is 6. The molecular formula is C24H39N5O6. The fourth-order valence-electron chi connectivity index (χ4n) is 3.27. The van der Waals surface area contributed by atoms with Crippen molar-refractivity contribution in [3.8, 4) is 0 Å². The monoisotopic (exact) mass is 493 g/mol. The van der Waals surface area contributed by atoms with E-state index >= 15 is 0 Å². The highest BCUT2D eigenvalue weighted by Gasteiger charge is 2.30. The predicted molar refractivity (Wildman–Crippen MR) is 131 cm³/mol. The van der Waals surface area contributed by atoms with Crippen molar-refractivity contribution in [2.45, 2.75) is 72.1 Å². The molecular weight excluding hydrogens is 454 g/mol. The largest absolute Gasteiger partial charge is 0.480 e. The van der Waals surface area contributed by atoms with Gasteiger partial charge < -0.3 is 31.7 Å². The van der Waals surface area contributed by atoms with Crippen LogP contribution in [0.25, 0.3) is 0 Å². The fourth-order valence-corrected chi connectivity index (χ4v) is 3.27. The van der Waals surface area contributed by atoms with Crippen molar-refractivity contribution in [3.63, 3.8) is 0 Å². The Morgan fingerprint density at radius 2 is 1.57 bits per heavy atom. The summed E-state index contributed by atoms with van der Waals surface area (Å²) in [4.78, 5) is 61.7. The van der Waals surface area contributed by atoms with E-state index in [1.54, 1.807) is 45.9 Å². The smallest absolute Gasteiger partial charge is 0.326 e. The molecule has 1 heterocycles. The van der Waals surface area contributed by atoms with Gasteiger partial charge in [-0.05, 0) is 24.2 Å². The summed E-state index contributed by atoms with van der Waals surface area (Å²) in [6, 6.07) is -4.37. The predicted octanol–water partition coefficient (Wildman–Crippen LogP) is 0.677. The average Bonchev–Trinajstić information content (AvgIpc) is 2.75. The van der Waals surface area contributed by atoms with E-state index in [1.807, 2.05) is 13.8 Å². The SMILES string of the molecule is CC(C)[C@@H]1/C=C/C(=O)NCC/C=C/[C@H](NC(=O)[C@@H](NC(=O)N[C@@H](C(=O)O)C(C)C)C(C)C)C(=O)N1. The Morgan fingerprint density at radius 3 is 2.11 bits per heavy atom. The summed E-state index contributed by atoms with van der Waals surface area (Å²) in [6.07, 6.45) is 6.66. The topological polar surface area (TPSA) is 166 Å². The molecule has 0 aromatic heterocycles. The van der Waals surface area contributed by atoms with E-state index < -0.39 is 48.0 Å². The van der Waals surface area contributed by atoms with Gasteiger partial charge in [-0.25, -0.2) is 9.59 Å². The number of carboxylic acid groups (broad SMARTS) is 1. The van der Waals surface area contributed by atoms with Gasteiger partial charge in [-0.1, -0.05) is 59.8 Å². The third-order valence-corrected chi connectivity index (χ3v) is 5.46. The van der Waals surface area contributed by atoms with Crippen molar-refractivity contribution in [1.82, 2.24) is 26.6 Å². The van der Waals surface area contributed by atoms with Gasteiger partial charge in [-0.15, -0.1) is 0 Å². The highest BCUT2D eigenvalue weighted by Crippen LogP contribution is 2.08. The summed E-state index contributed by atoms with van der Waals surface area (Å²) in [7, 11) is 0. The first-order valence-corrected chi connectivity index (χ1v) is 11.9. The number of hydrogen-bond acceptors (Lipinski definition) is 5. The highest BCUT2D eigenvalue weighted by molar-refractivity contribution is 5.94. The maximum atomic E-state index is 13.1. The molecule has 1 rings (SSSR count). The number of carbonyl (C=O) groups is 5. The highest BCUT2D eigenvalue weighted by atomic mass is 16.4. The second kappa shape index (κ2) is 14.1. The van der Waals surface area contributed by atoms with E-state index in [1.165, 1.54) is 6.08 Å². The molecule has 4 atom stereocenters. The number of amides is 5. The minimum absolute atomic E-state index is 0.0109. The molecule has 0 fully saturated rings. The van der Waals surface area contributed by atoms with Gasteiger partial charge >= 0.3 is 12.0 Å². The van der Waals surface area contributed by atoms with Gasteiger partial charge in [0.25, 0.3) is 0 Å². The first-order valence-electron chi connectivity index (χ1n) is 11.9. The maximum Gasteiger partial charge on any atom is 0.326 e. The quantitative estimate of drug-likeness (QED) is 0.272. The molecule has 0 saturated carbocycles. The number of aliphatic carboxylic acids is 1. The molecule has 6 N–H and O–H groups in total. The van der Waals surface area contributed by atoms with Crippen molar-refractivity contribution in [2.75, 3.05) is 6.54 Å². The second-order valence-corrected chi connectivity index (χ2v) is 9.53. The summed E-state index contributed by atoms with van der Waals surface area (Å²) in [6.45, 7) is 10.9. The maximum absolute atomic E-state index is 13.1. The van der Waals surface area contributed by atoms with Gasteiger partial charge in [0.15, 0.2) is 0 Å². The minimum atomic E-state index is -1.18. The number of rotatable bonds is 8. The van der Waals surface area contributed by atoms with Crippen LogP contribution in [0.1, 0.15) is 48.0 Å². The summed E-state index contributed by atoms with van der Waals surface area (Å²) < 4.78 is 0. The summed E-state index contributed by atoms with van der Waals surface area (Å²) in [5, 5.41) is 22.4. The van der Waals surface area contributed by atoms with Crippen molar-refractivity contribution < 1.29 is 29.1 Å². The Labute approximate surface area is 206 Å². The Balaban J connectivity index is 3.01. The van der Waals surface area contributed by atoms with Crippen LogP contribution in [0.15, 0.2) is 24.3 Å². The molecule has 5 amide bonds. The molecule has 0 aromatic rings. The standard InChI is InChI=1S/C24H39N5O6/c1-13(2)16-10-11-18(30)25-12-8-7-9-17(21(31)26-16)27-22(32)19(14(3)4)28-24(35)29-20(15(5)6)23(33)34/h7,9-11,13-17,19-20H,8,12H2,1-6H3,(H,25,30)(H,26,31)(H,27,32)(H,33,34)(H2,28,29,35)/b9-7+,11-10+/t16-,17-,19-,20+/m0/s1. The first-order chi connectivity index (χ1) is 16.3. The van der Waals surface area contributed by atoms with Crippen LogP contribution in [-0.4, -0.2) is 65.5 Å². The molecule has 35 heavy (non-hydrogen) atoms. The molecule has 196 valence electrons. The lowest BCUT2D eigenvalue weighted by Crippen LogP contribution is -2.58. The molecule has 0 spiro atoms. The van der Waals surface area contributed by atoms with E-state index in [-0.39, 0.29) is 23.7 Å².